The summed E-state index contributed by atoms with van der Waals surface area (Å²) in [7, 11) is -1.54. The van der Waals surface area contributed by atoms with Crippen LogP contribution in [0.25, 0.3) is 0 Å². The predicted molar refractivity (Wildman–Crippen MR) is 76.8 cm³/mol. The van der Waals surface area contributed by atoms with E-state index >= 15 is 0 Å². The summed E-state index contributed by atoms with van der Waals surface area (Å²) in [4.78, 5) is 11.8. The fourth-order valence-corrected chi connectivity index (χ4v) is 3.73. The summed E-state index contributed by atoms with van der Waals surface area (Å²) >= 11 is 0. The minimum atomic E-state index is -1.54. The molecular weight excluding hydrogens is 228 g/mol. The molecule has 0 heterocycles. The molecule has 102 valence electrons. The number of Topliss-reactive ketones (excluding diaryl/α,β-unsaturated/α-hetero) is 1. The van der Waals surface area contributed by atoms with Gasteiger partial charge in [0.2, 0.25) is 0 Å². The van der Waals surface area contributed by atoms with E-state index in [-0.39, 0.29) is 5.60 Å². The average Bonchev–Trinajstić information content (AvgIpc) is 2.10. The van der Waals surface area contributed by atoms with Crippen molar-refractivity contribution in [2.75, 3.05) is 0 Å². The Kier molecular flexibility index (Phi) is 6.63. The third kappa shape index (κ3) is 7.71. The monoisotopic (exact) mass is 258 g/mol. The van der Waals surface area contributed by atoms with Crippen LogP contribution in [-0.4, -0.2) is 19.7 Å². The Hall–Kier alpha value is -0.153. The molecule has 0 aromatic heterocycles. The van der Waals surface area contributed by atoms with Crippen LogP contribution in [0.4, 0.5) is 0 Å². The molecule has 0 aliphatic heterocycles. The van der Waals surface area contributed by atoms with Gasteiger partial charge >= 0.3 is 0 Å². The van der Waals surface area contributed by atoms with Crippen LogP contribution in [0.5, 0.6) is 0 Å². The molecular formula is C14H30O2Si. The molecule has 0 amide bonds. The number of ketones is 1. The Morgan fingerprint density at radius 1 is 1.29 bits per heavy atom. The highest BCUT2D eigenvalue weighted by atomic mass is 28.4. The normalized spacial score (nSPS) is 14.8. The molecule has 1 atom stereocenters. The van der Waals surface area contributed by atoms with Crippen molar-refractivity contribution in [2.24, 2.45) is 5.92 Å². The van der Waals surface area contributed by atoms with E-state index in [0.717, 1.165) is 19.3 Å². The van der Waals surface area contributed by atoms with Crippen LogP contribution in [0.15, 0.2) is 0 Å². The Morgan fingerprint density at radius 3 is 2.24 bits per heavy atom. The van der Waals surface area contributed by atoms with Crippen molar-refractivity contribution in [2.45, 2.75) is 78.6 Å². The van der Waals surface area contributed by atoms with Crippen LogP contribution in [0.1, 0.15) is 53.4 Å². The van der Waals surface area contributed by atoms with E-state index in [1.54, 1.807) is 0 Å². The van der Waals surface area contributed by atoms with E-state index in [0.29, 0.717) is 18.1 Å². The second kappa shape index (κ2) is 6.69. The van der Waals surface area contributed by atoms with Gasteiger partial charge in [0, 0.05) is 12.8 Å². The first-order valence-electron chi connectivity index (χ1n) is 6.80. The van der Waals surface area contributed by atoms with E-state index in [2.05, 4.69) is 47.3 Å². The molecule has 0 bridgehead atoms. The zero-order chi connectivity index (χ0) is 13.7. The first kappa shape index (κ1) is 16.8. The number of hydrogen-bond acceptors (Lipinski definition) is 2. The van der Waals surface area contributed by atoms with Gasteiger partial charge in [0.25, 0.3) is 0 Å². The van der Waals surface area contributed by atoms with Crippen LogP contribution in [0.2, 0.25) is 19.6 Å². The summed E-state index contributed by atoms with van der Waals surface area (Å²) in [5.74, 6) is 0.671. The van der Waals surface area contributed by atoms with Crippen molar-refractivity contribution in [3.8, 4) is 0 Å². The highest BCUT2D eigenvalue weighted by Crippen LogP contribution is 2.28. The molecule has 2 nitrogen and oxygen atoms in total. The Bertz CT molecular complexity index is 241. The third-order valence-corrected chi connectivity index (χ3v) is 4.24. The summed E-state index contributed by atoms with van der Waals surface area (Å²) in [5, 5.41) is 0. The van der Waals surface area contributed by atoms with Gasteiger partial charge in [-0.15, -0.1) is 0 Å². The molecule has 0 saturated heterocycles. The molecule has 0 aliphatic rings. The van der Waals surface area contributed by atoms with Gasteiger partial charge in [-0.2, -0.15) is 0 Å². The van der Waals surface area contributed by atoms with Crippen molar-refractivity contribution < 1.29 is 9.22 Å². The zero-order valence-corrected chi connectivity index (χ0v) is 13.7. The summed E-state index contributed by atoms with van der Waals surface area (Å²) in [6.45, 7) is 15.1. The maximum Gasteiger partial charge on any atom is 0.184 e. The van der Waals surface area contributed by atoms with Crippen LogP contribution in [-0.2, 0) is 9.22 Å². The minimum Gasteiger partial charge on any atom is -0.412 e. The second-order valence-electron chi connectivity index (χ2n) is 6.57. The molecule has 17 heavy (non-hydrogen) atoms. The smallest absolute Gasteiger partial charge is 0.184 e. The molecule has 0 fully saturated rings. The lowest BCUT2D eigenvalue weighted by molar-refractivity contribution is -0.121. The van der Waals surface area contributed by atoms with Crippen LogP contribution < -0.4 is 0 Å². The van der Waals surface area contributed by atoms with Gasteiger partial charge in [-0.25, -0.2) is 0 Å². The second-order valence-corrected chi connectivity index (χ2v) is 11.0. The van der Waals surface area contributed by atoms with Gasteiger partial charge in [-0.05, 0) is 45.8 Å². The molecule has 1 unspecified atom stereocenters. The Morgan fingerprint density at radius 2 is 1.82 bits per heavy atom. The summed E-state index contributed by atoms with van der Waals surface area (Å²) in [6.07, 6.45) is 3.48. The maximum absolute atomic E-state index is 11.8. The molecule has 0 N–H and O–H groups in total. The van der Waals surface area contributed by atoms with E-state index in [1.807, 2.05) is 0 Å². The molecule has 0 aromatic rings. The van der Waals surface area contributed by atoms with E-state index in [1.165, 1.54) is 0 Å². The highest BCUT2D eigenvalue weighted by Gasteiger charge is 2.33. The van der Waals surface area contributed by atoms with Gasteiger partial charge in [0.15, 0.2) is 8.32 Å². The lowest BCUT2D eigenvalue weighted by Gasteiger charge is -2.37. The standard InChI is InChI=1S/C14H30O2Si/c1-8-9-10-13(15)11-12(2)14(3,4)16-17(5,6)7/h12H,8-11H2,1-7H3. The number of carbonyl (C=O) groups is 1. The topological polar surface area (TPSA) is 26.3 Å². The molecule has 0 radical (unpaired) electrons. The van der Waals surface area contributed by atoms with Crippen molar-refractivity contribution in [3.63, 3.8) is 0 Å². The summed E-state index contributed by atoms with van der Waals surface area (Å²) in [6, 6.07) is 0. The number of unbranched alkanes of at least 4 members (excludes halogenated alkanes) is 1. The Balaban J connectivity index is 4.28. The largest absolute Gasteiger partial charge is 0.412 e. The third-order valence-electron chi connectivity index (χ3n) is 3.10. The van der Waals surface area contributed by atoms with Crippen LogP contribution >= 0.6 is 0 Å². The van der Waals surface area contributed by atoms with Crippen molar-refractivity contribution in [3.05, 3.63) is 0 Å². The molecule has 0 saturated carbocycles. The highest BCUT2D eigenvalue weighted by molar-refractivity contribution is 6.69. The molecule has 3 heteroatoms. The SMILES string of the molecule is CCCCC(=O)CC(C)C(C)(C)O[Si](C)(C)C. The first-order valence-corrected chi connectivity index (χ1v) is 10.2. The molecule has 0 aromatic carbocycles. The van der Waals surface area contributed by atoms with Crippen molar-refractivity contribution in [1.82, 2.24) is 0 Å². The molecule has 0 rings (SSSR count). The quantitative estimate of drug-likeness (QED) is 0.603. The first-order chi connectivity index (χ1) is 7.58. The van der Waals surface area contributed by atoms with E-state index < -0.39 is 8.32 Å². The van der Waals surface area contributed by atoms with Crippen molar-refractivity contribution in [1.29, 1.82) is 0 Å². The summed E-state index contributed by atoms with van der Waals surface area (Å²) < 4.78 is 6.18. The zero-order valence-electron chi connectivity index (χ0n) is 12.7. The van der Waals surface area contributed by atoms with Crippen LogP contribution in [0.3, 0.4) is 0 Å². The maximum atomic E-state index is 11.8. The molecule has 0 spiro atoms. The van der Waals surface area contributed by atoms with Gasteiger partial charge in [0.1, 0.15) is 5.78 Å². The van der Waals surface area contributed by atoms with E-state index in [9.17, 15) is 4.79 Å². The summed E-state index contributed by atoms with van der Waals surface area (Å²) in [5.41, 5.74) is -0.188. The fraction of sp³-hybridized carbons (Fsp3) is 0.929. The number of rotatable bonds is 8. The number of hydrogen-bond donors (Lipinski definition) is 0. The fourth-order valence-electron chi connectivity index (χ4n) is 1.95. The Labute approximate surface area is 108 Å². The van der Waals surface area contributed by atoms with Crippen molar-refractivity contribution >= 4 is 14.1 Å². The van der Waals surface area contributed by atoms with Gasteiger partial charge in [-0.3, -0.25) is 4.79 Å². The lowest BCUT2D eigenvalue weighted by atomic mass is 9.87. The van der Waals surface area contributed by atoms with Gasteiger partial charge in [-0.1, -0.05) is 20.3 Å². The van der Waals surface area contributed by atoms with Crippen LogP contribution in [0, 0.1) is 5.92 Å². The minimum absolute atomic E-state index is 0.188. The number of carbonyl (C=O) groups excluding carboxylic acids is 1. The molecule has 0 aliphatic carbocycles. The predicted octanol–water partition coefficient (Wildman–Crippen LogP) is 4.40. The van der Waals surface area contributed by atoms with Gasteiger partial charge in [0.05, 0.1) is 5.60 Å². The average molecular weight is 258 g/mol. The van der Waals surface area contributed by atoms with E-state index in [4.69, 9.17) is 4.43 Å². The lowest BCUT2D eigenvalue weighted by Crippen LogP contribution is -2.43. The van der Waals surface area contributed by atoms with Gasteiger partial charge < -0.3 is 4.43 Å².